The molecular formula is C14H22N2O2S. The summed E-state index contributed by atoms with van der Waals surface area (Å²) in [5, 5.41) is 2.87. The summed E-state index contributed by atoms with van der Waals surface area (Å²) in [6.07, 6.45) is 2.68. The van der Waals surface area contributed by atoms with E-state index in [2.05, 4.69) is 5.32 Å². The SMILES string of the molecule is CCOCc1ccccc1NC(=O)[C@@H](N)CCSC. The van der Waals surface area contributed by atoms with Crippen molar-refractivity contribution in [2.45, 2.75) is 26.0 Å². The summed E-state index contributed by atoms with van der Waals surface area (Å²) in [5.74, 6) is 0.743. The fourth-order valence-corrected chi connectivity index (χ4v) is 2.07. The second kappa shape index (κ2) is 8.96. The number of anilines is 1. The van der Waals surface area contributed by atoms with E-state index in [-0.39, 0.29) is 5.91 Å². The van der Waals surface area contributed by atoms with E-state index in [0.717, 1.165) is 17.0 Å². The lowest BCUT2D eigenvalue weighted by Gasteiger charge is -2.14. The molecule has 19 heavy (non-hydrogen) atoms. The molecule has 1 aromatic carbocycles. The third-order valence-electron chi connectivity index (χ3n) is 2.71. The fourth-order valence-electron chi connectivity index (χ4n) is 1.58. The zero-order valence-corrected chi connectivity index (χ0v) is 12.3. The van der Waals surface area contributed by atoms with Gasteiger partial charge in [0.15, 0.2) is 0 Å². The molecule has 0 aliphatic carbocycles. The summed E-state index contributed by atoms with van der Waals surface area (Å²) >= 11 is 1.69. The minimum absolute atomic E-state index is 0.141. The van der Waals surface area contributed by atoms with Crippen LogP contribution in [0, 0.1) is 0 Å². The Bertz CT molecular complexity index is 399. The Morgan fingerprint density at radius 2 is 2.21 bits per heavy atom. The van der Waals surface area contributed by atoms with Gasteiger partial charge in [-0.25, -0.2) is 0 Å². The molecule has 1 atom stereocenters. The number of benzene rings is 1. The molecule has 0 spiro atoms. The summed E-state index contributed by atoms with van der Waals surface area (Å²) in [6.45, 7) is 3.09. The molecule has 3 N–H and O–H groups in total. The Labute approximate surface area is 119 Å². The molecule has 0 aliphatic heterocycles. The Morgan fingerprint density at radius 3 is 2.89 bits per heavy atom. The van der Waals surface area contributed by atoms with Crippen LogP contribution in [0.3, 0.4) is 0 Å². The standard InChI is InChI=1S/C14H22N2O2S/c1-3-18-10-11-6-4-5-7-13(11)16-14(17)12(15)8-9-19-2/h4-7,12H,3,8-10,15H2,1-2H3,(H,16,17)/t12-/m0/s1. The third kappa shape index (κ3) is 5.63. The number of nitrogens with one attached hydrogen (secondary N) is 1. The molecule has 0 radical (unpaired) electrons. The average Bonchev–Trinajstić information content (AvgIpc) is 2.43. The lowest BCUT2D eigenvalue weighted by molar-refractivity contribution is -0.117. The monoisotopic (exact) mass is 282 g/mol. The van der Waals surface area contributed by atoms with Gasteiger partial charge in [-0.3, -0.25) is 4.79 Å². The molecule has 0 heterocycles. The molecule has 1 aromatic rings. The van der Waals surface area contributed by atoms with Gasteiger partial charge < -0.3 is 15.8 Å². The van der Waals surface area contributed by atoms with E-state index in [4.69, 9.17) is 10.5 Å². The molecular weight excluding hydrogens is 260 g/mol. The van der Waals surface area contributed by atoms with E-state index >= 15 is 0 Å². The molecule has 0 fully saturated rings. The molecule has 0 aromatic heterocycles. The fraction of sp³-hybridized carbons (Fsp3) is 0.500. The topological polar surface area (TPSA) is 64.3 Å². The van der Waals surface area contributed by atoms with Crippen molar-refractivity contribution in [3.05, 3.63) is 29.8 Å². The maximum atomic E-state index is 12.0. The van der Waals surface area contributed by atoms with Crippen LogP contribution in [0.2, 0.25) is 0 Å². The number of carbonyl (C=O) groups is 1. The molecule has 0 unspecified atom stereocenters. The highest BCUT2D eigenvalue weighted by Gasteiger charge is 2.14. The molecule has 1 amide bonds. The maximum absolute atomic E-state index is 12.0. The highest BCUT2D eigenvalue weighted by molar-refractivity contribution is 7.98. The second-order valence-corrected chi connectivity index (χ2v) is 5.16. The van der Waals surface area contributed by atoms with Crippen LogP contribution in [0.4, 0.5) is 5.69 Å². The summed E-state index contributed by atoms with van der Waals surface area (Å²) in [6, 6.07) is 7.16. The summed E-state index contributed by atoms with van der Waals surface area (Å²) in [5.41, 5.74) is 7.59. The molecule has 4 nitrogen and oxygen atoms in total. The number of hydrogen-bond acceptors (Lipinski definition) is 4. The highest BCUT2D eigenvalue weighted by Crippen LogP contribution is 2.16. The maximum Gasteiger partial charge on any atom is 0.241 e. The molecule has 1 rings (SSSR count). The highest BCUT2D eigenvalue weighted by atomic mass is 32.2. The van der Waals surface area contributed by atoms with Gasteiger partial charge in [0.1, 0.15) is 0 Å². The first-order valence-electron chi connectivity index (χ1n) is 6.40. The molecule has 0 bridgehead atoms. The number of ether oxygens (including phenoxy) is 1. The number of rotatable bonds is 8. The van der Waals surface area contributed by atoms with Crippen LogP contribution in [-0.4, -0.2) is 30.6 Å². The lowest BCUT2D eigenvalue weighted by atomic mass is 10.1. The van der Waals surface area contributed by atoms with Crippen LogP contribution in [0.5, 0.6) is 0 Å². The molecule has 106 valence electrons. The van der Waals surface area contributed by atoms with Crippen LogP contribution in [0.25, 0.3) is 0 Å². The quantitative estimate of drug-likeness (QED) is 0.767. The van der Waals surface area contributed by atoms with E-state index in [1.54, 1.807) is 11.8 Å². The lowest BCUT2D eigenvalue weighted by Crippen LogP contribution is -2.36. The average molecular weight is 282 g/mol. The molecule has 0 aliphatic rings. The summed E-state index contributed by atoms with van der Waals surface area (Å²) in [4.78, 5) is 12.0. The minimum atomic E-state index is -0.465. The summed E-state index contributed by atoms with van der Waals surface area (Å²) in [7, 11) is 0. The predicted octanol–water partition coefficient (Wildman–Crippen LogP) is 2.24. The van der Waals surface area contributed by atoms with Gasteiger partial charge in [0.25, 0.3) is 0 Å². The number of thioether (sulfide) groups is 1. The van der Waals surface area contributed by atoms with Crippen molar-refractivity contribution in [3.8, 4) is 0 Å². The van der Waals surface area contributed by atoms with Crippen molar-refractivity contribution in [1.29, 1.82) is 0 Å². The first-order valence-corrected chi connectivity index (χ1v) is 7.79. The van der Waals surface area contributed by atoms with Gasteiger partial charge in [-0.1, -0.05) is 18.2 Å². The normalized spacial score (nSPS) is 12.2. The third-order valence-corrected chi connectivity index (χ3v) is 3.35. The van der Waals surface area contributed by atoms with Gasteiger partial charge in [-0.15, -0.1) is 0 Å². The van der Waals surface area contributed by atoms with Crippen molar-refractivity contribution in [3.63, 3.8) is 0 Å². The first-order chi connectivity index (χ1) is 9.19. The number of carbonyl (C=O) groups excluding carboxylic acids is 1. The van der Waals surface area contributed by atoms with Gasteiger partial charge >= 0.3 is 0 Å². The number of para-hydroxylation sites is 1. The van der Waals surface area contributed by atoms with E-state index in [9.17, 15) is 4.79 Å². The Hall–Kier alpha value is -1.04. The van der Waals surface area contributed by atoms with Crippen molar-refractivity contribution in [2.75, 3.05) is 23.9 Å². The first kappa shape index (κ1) is 16.0. The Kier molecular flexibility index (Phi) is 7.55. The van der Waals surface area contributed by atoms with E-state index in [1.807, 2.05) is 37.4 Å². The van der Waals surface area contributed by atoms with E-state index < -0.39 is 6.04 Å². The number of nitrogens with two attached hydrogens (primary N) is 1. The second-order valence-electron chi connectivity index (χ2n) is 4.17. The molecule has 0 saturated carbocycles. The van der Waals surface area contributed by atoms with Gasteiger partial charge in [-0.05, 0) is 31.4 Å². The number of hydrogen-bond donors (Lipinski definition) is 2. The minimum Gasteiger partial charge on any atom is -0.377 e. The van der Waals surface area contributed by atoms with Crippen LogP contribution >= 0.6 is 11.8 Å². The smallest absolute Gasteiger partial charge is 0.241 e. The van der Waals surface area contributed by atoms with Crippen molar-refractivity contribution < 1.29 is 9.53 Å². The van der Waals surface area contributed by atoms with Crippen LogP contribution in [-0.2, 0) is 16.1 Å². The Balaban J connectivity index is 2.62. The van der Waals surface area contributed by atoms with E-state index in [1.165, 1.54) is 0 Å². The van der Waals surface area contributed by atoms with Crippen molar-refractivity contribution in [1.82, 2.24) is 0 Å². The number of amides is 1. The van der Waals surface area contributed by atoms with Crippen LogP contribution < -0.4 is 11.1 Å². The van der Waals surface area contributed by atoms with E-state index in [0.29, 0.717) is 19.6 Å². The molecule has 0 saturated heterocycles. The zero-order chi connectivity index (χ0) is 14.1. The van der Waals surface area contributed by atoms with Gasteiger partial charge in [0.2, 0.25) is 5.91 Å². The van der Waals surface area contributed by atoms with Crippen LogP contribution in [0.15, 0.2) is 24.3 Å². The van der Waals surface area contributed by atoms with Gasteiger partial charge in [0.05, 0.1) is 12.6 Å². The van der Waals surface area contributed by atoms with Gasteiger partial charge in [0, 0.05) is 17.9 Å². The summed E-state index contributed by atoms with van der Waals surface area (Å²) < 4.78 is 5.38. The Morgan fingerprint density at radius 1 is 1.47 bits per heavy atom. The van der Waals surface area contributed by atoms with Crippen molar-refractivity contribution in [2.24, 2.45) is 5.73 Å². The largest absolute Gasteiger partial charge is 0.377 e. The van der Waals surface area contributed by atoms with Crippen LogP contribution in [0.1, 0.15) is 18.9 Å². The van der Waals surface area contributed by atoms with Crippen molar-refractivity contribution >= 4 is 23.4 Å². The van der Waals surface area contributed by atoms with Gasteiger partial charge in [-0.2, -0.15) is 11.8 Å². The molecule has 5 heteroatoms. The predicted molar refractivity (Wildman–Crippen MR) is 81.4 cm³/mol. The zero-order valence-electron chi connectivity index (χ0n) is 11.5.